The fourth-order valence-corrected chi connectivity index (χ4v) is 2.09. The van der Waals surface area contributed by atoms with Crippen LogP contribution in [0.5, 0.6) is 0 Å². The van der Waals surface area contributed by atoms with Crippen LogP contribution in [0.2, 0.25) is 5.02 Å². The van der Waals surface area contributed by atoms with Crippen LogP contribution in [0.15, 0.2) is 29.3 Å². The fraction of sp³-hybridized carbons (Fsp3) is 0.500. The van der Waals surface area contributed by atoms with Crippen LogP contribution in [0.3, 0.4) is 0 Å². The molecular formula is C16H25ClN4O2. The highest BCUT2D eigenvalue weighted by molar-refractivity contribution is 6.31. The Balaban J connectivity index is 2.40. The summed E-state index contributed by atoms with van der Waals surface area (Å²) in [6, 6.07) is 7.75. The number of carbonyl (C=O) groups excluding carboxylic acids is 1. The maximum atomic E-state index is 11.6. The average Bonchev–Trinajstić information content (AvgIpc) is 2.54. The molecule has 0 atom stereocenters. The van der Waals surface area contributed by atoms with Crippen molar-refractivity contribution in [2.24, 2.45) is 4.99 Å². The number of amides is 1. The second kappa shape index (κ2) is 11.7. The number of guanidine groups is 1. The third kappa shape index (κ3) is 8.42. The van der Waals surface area contributed by atoms with Gasteiger partial charge in [0.25, 0.3) is 0 Å². The second-order valence-corrected chi connectivity index (χ2v) is 5.21. The van der Waals surface area contributed by atoms with Gasteiger partial charge in [-0.2, -0.15) is 0 Å². The molecule has 6 nitrogen and oxygen atoms in total. The minimum absolute atomic E-state index is 0.0745. The molecule has 1 aromatic rings. The van der Waals surface area contributed by atoms with Crippen molar-refractivity contribution in [1.82, 2.24) is 16.0 Å². The van der Waals surface area contributed by atoms with Crippen LogP contribution in [0.1, 0.15) is 12.5 Å². The fourth-order valence-electron chi connectivity index (χ4n) is 1.86. The van der Waals surface area contributed by atoms with Gasteiger partial charge < -0.3 is 20.7 Å². The number of ether oxygens (including phenoxy) is 1. The summed E-state index contributed by atoms with van der Waals surface area (Å²) in [4.78, 5) is 15.9. The highest BCUT2D eigenvalue weighted by Crippen LogP contribution is 2.14. The Morgan fingerprint density at radius 2 is 2.00 bits per heavy atom. The van der Waals surface area contributed by atoms with Gasteiger partial charge in [-0.05, 0) is 25.0 Å². The monoisotopic (exact) mass is 340 g/mol. The molecule has 0 heterocycles. The van der Waals surface area contributed by atoms with E-state index in [-0.39, 0.29) is 12.5 Å². The second-order valence-electron chi connectivity index (χ2n) is 4.81. The van der Waals surface area contributed by atoms with Crippen LogP contribution >= 0.6 is 11.6 Å². The minimum Gasteiger partial charge on any atom is -0.383 e. The van der Waals surface area contributed by atoms with Gasteiger partial charge in [0.2, 0.25) is 5.91 Å². The van der Waals surface area contributed by atoms with Gasteiger partial charge in [0, 0.05) is 31.8 Å². The van der Waals surface area contributed by atoms with E-state index in [0.29, 0.717) is 25.7 Å². The first-order chi connectivity index (χ1) is 11.2. The molecule has 128 valence electrons. The number of aliphatic imine (C=N–C) groups is 1. The number of carbonyl (C=O) groups is 1. The predicted molar refractivity (Wildman–Crippen MR) is 94.0 cm³/mol. The molecular weight excluding hydrogens is 316 g/mol. The Labute approximate surface area is 142 Å². The molecule has 7 heteroatoms. The lowest BCUT2D eigenvalue weighted by Gasteiger charge is -2.12. The van der Waals surface area contributed by atoms with Crippen molar-refractivity contribution in [3.63, 3.8) is 0 Å². The zero-order valence-corrected chi connectivity index (χ0v) is 14.4. The summed E-state index contributed by atoms with van der Waals surface area (Å²) < 4.78 is 4.88. The Hall–Kier alpha value is -1.79. The lowest BCUT2D eigenvalue weighted by atomic mass is 10.1. The molecule has 1 aromatic carbocycles. The van der Waals surface area contributed by atoms with Crippen molar-refractivity contribution in [3.05, 3.63) is 34.9 Å². The summed E-state index contributed by atoms with van der Waals surface area (Å²) >= 11 is 6.13. The van der Waals surface area contributed by atoms with E-state index in [0.717, 1.165) is 23.6 Å². The molecule has 0 fully saturated rings. The van der Waals surface area contributed by atoms with E-state index in [1.165, 1.54) is 0 Å². The van der Waals surface area contributed by atoms with Crippen LogP contribution in [0.4, 0.5) is 0 Å². The Bertz CT molecular complexity index is 509. The van der Waals surface area contributed by atoms with Crippen LogP contribution in [0, 0.1) is 0 Å². The SMILES string of the molecule is CCNC(=NCC(=O)NCCOC)NCCc1ccccc1Cl. The first-order valence-corrected chi connectivity index (χ1v) is 8.06. The zero-order valence-electron chi connectivity index (χ0n) is 13.7. The van der Waals surface area contributed by atoms with Gasteiger partial charge in [-0.3, -0.25) is 4.79 Å². The van der Waals surface area contributed by atoms with Gasteiger partial charge in [0.05, 0.1) is 6.61 Å². The summed E-state index contributed by atoms with van der Waals surface area (Å²) in [6.07, 6.45) is 0.782. The molecule has 1 amide bonds. The molecule has 0 aliphatic rings. The van der Waals surface area contributed by atoms with Gasteiger partial charge in [-0.15, -0.1) is 0 Å². The highest BCUT2D eigenvalue weighted by Gasteiger charge is 2.03. The van der Waals surface area contributed by atoms with Gasteiger partial charge in [-0.1, -0.05) is 29.8 Å². The van der Waals surface area contributed by atoms with E-state index in [1.54, 1.807) is 7.11 Å². The molecule has 0 aliphatic heterocycles. The van der Waals surface area contributed by atoms with Crippen LogP contribution in [0.25, 0.3) is 0 Å². The molecule has 1 rings (SSSR count). The Kier molecular flexibility index (Phi) is 9.83. The van der Waals surface area contributed by atoms with Crippen LogP contribution < -0.4 is 16.0 Å². The number of methoxy groups -OCH3 is 1. The molecule has 0 spiro atoms. The number of rotatable bonds is 9. The number of hydrogen-bond donors (Lipinski definition) is 3. The summed E-state index contributed by atoms with van der Waals surface area (Å²) in [5, 5.41) is 9.79. The van der Waals surface area contributed by atoms with Crippen molar-refractivity contribution in [1.29, 1.82) is 0 Å². The lowest BCUT2D eigenvalue weighted by molar-refractivity contribution is -0.119. The van der Waals surface area contributed by atoms with Crippen LogP contribution in [-0.2, 0) is 16.0 Å². The predicted octanol–water partition coefficient (Wildman–Crippen LogP) is 1.20. The zero-order chi connectivity index (χ0) is 16.9. The van der Waals surface area contributed by atoms with Gasteiger partial charge in [0.15, 0.2) is 5.96 Å². The van der Waals surface area contributed by atoms with Crippen LogP contribution in [-0.4, -0.2) is 51.8 Å². The van der Waals surface area contributed by atoms with Crippen molar-refractivity contribution < 1.29 is 9.53 Å². The third-order valence-corrected chi connectivity index (χ3v) is 3.37. The standard InChI is InChI=1S/C16H25ClN4O2/c1-3-18-16(21-12-15(22)19-10-11-23-2)20-9-8-13-6-4-5-7-14(13)17/h4-7H,3,8-12H2,1-2H3,(H,19,22)(H2,18,20,21). The van der Waals surface area contributed by atoms with E-state index >= 15 is 0 Å². The van der Waals surface area contributed by atoms with E-state index in [9.17, 15) is 4.79 Å². The number of benzene rings is 1. The maximum Gasteiger partial charge on any atom is 0.241 e. The van der Waals surface area contributed by atoms with E-state index < -0.39 is 0 Å². The Morgan fingerprint density at radius 1 is 1.22 bits per heavy atom. The van der Waals surface area contributed by atoms with Gasteiger partial charge in [-0.25, -0.2) is 4.99 Å². The third-order valence-electron chi connectivity index (χ3n) is 3.00. The minimum atomic E-state index is -0.134. The van der Waals surface area contributed by atoms with E-state index in [4.69, 9.17) is 16.3 Å². The first kappa shape index (κ1) is 19.3. The summed E-state index contributed by atoms with van der Waals surface area (Å²) in [5.41, 5.74) is 1.08. The molecule has 0 unspecified atom stereocenters. The average molecular weight is 341 g/mol. The molecule has 3 N–H and O–H groups in total. The van der Waals surface area contributed by atoms with Gasteiger partial charge >= 0.3 is 0 Å². The topological polar surface area (TPSA) is 74.8 Å². The lowest BCUT2D eigenvalue weighted by Crippen LogP contribution is -2.39. The van der Waals surface area contributed by atoms with Crippen molar-refractivity contribution in [2.75, 3.05) is 39.9 Å². The summed E-state index contributed by atoms with van der Waals surface area (Å²) in [5.74, 6) is 0.479. The molecule has 23 heavy (non-hydrogen) atoms. The normalized spacial score (nSPS) is 11.2. The van der Waals surface area contributed by atoms with Crippen molar-refractivity contribution >= 4 is 23.5 Å². The number of nitrogens with one attached hydrogen (secondary N) is 3. The van der Waals surface area contributed by atoms with E-state index in [1.807, 2.05) is 31.2 Å². The highest BCUT2D eigenvalue weighted by atomic mass is 35.5. The van der Waals surface area contributed by atoms with Gasteiger partial charge in [0.1, 0.15) is 6.54 Å². The number of nitrogens with zero attached hydrogens (tertiary/aromatic N) is 1. The molecule has 0 saturated heterocycles. The molecule has 0 bridgehead atoms. The van der Waals surface area contributed by atoms with Crippen molar-refractivity contribution in [3.8, 4) is 0 Å². The molecule has 0 radical (unpaired) electrons. The number of hydrogen-bond acceptors (Lipinski definition) is 3. The number of halogens is 1. The van der Waals surface area contributed by atoms with E-state index in [2.05, 4.69) is 20.9 Å². The summed E-state index contributed by atoms with van der Waals surface area (Å²) in [6.45, 7) is 4.44. The first-order valence-electron chi connectivity index (χ1n) is 7.68. The van der Waals surface area contributed by atoms with Crippen molar-refractivity contribution in [2.45, 2.75) is 13.3 Å². The summed E-state index contributed by atoms with van der Waals surface area (Å²) in [7, 11) is 1.59. The molecule has 0 aromatic heterocycles. The quantitative estimate of drug-likeness (QED) is 0.359. The largest absolute Gasteiger partial charge is 0.383 e. The molecule has 0 saturated carbocycles. The smallest absolute Gasteiger partial charge is 0.241 e. The maximum absolute atomic E-state index is 11.6. The molecule has 0 aliphatic carbocycles. The Morgan fingerprint density at radius 3 is 2.70 bits per heavy atom.